The third kappa shape index (κ3) is 6.08. The summed E-state index contributed by atoms with van der Waals surface area (Å²) in [5.74, 6) is -0.0900. The molecule has 0 spiro atoms. The molecule has 8 nitrogen and oxygen atoms in total. The number of nitrogens with one attached hydrogen (secondary N) is 2. The molecule has 2 N–H and O–H groups in total. The van der Waals surface area contributed by atoms with Crippen molar-refractivity contribution in [1.29, 1.82) is 0 Å². The number of likely N-dealkylation sites (tertiary alicyclic amines) is 1. The number of benzene rings is 1. The lowest BCUT2D eigenvalue weighted by Crippen LogP contribution is -2.54. The number of nitrogens with zero attached hydrogens (tertiary/aromatic N) is 1. The predicted octanol–water partition coefficient (Wildman–Crippen LogP) is 2.17. The van der Waals surface area contributed by atoms with E-state index >= 15 is 0 Å². The molecule has 3 amide bonds. The number of ether oxygens (including phenoxy) is 2. The Balaban J connectivity index is 1.68. The normalized spacial score (nSPS) is 15.1. The first-order valence-electron chi connectivity index (χ1n) is 10.6. The number of hydrogen-bond acceptors (Lipinski definition) is 6. The molecule has 0 aliphatic carbocycles. The molecule has 1 saturated heterocycles. The van der Waals surface area contributed by atoms with Gasteiger partial charge in [0, 0.05) is 32.3 Å². The predicted molar refractivity (Wildman–Crippen MR) is 122 cm³/mol. The van der Waals surface area contributed by atoms with Gasteiger partial charge in [-0.15, -0.1) is 11.3 Å². The Hall–Kier alpha value is -2.91. The van der Waals surface area contributed by atoms with Crippen LogP contribution in [-0.2, 0) is 9.53 Å². The molecule has 1 fully saturated rings. The van der Waals surface area contributed by atoms with E-state index < -0.39 is 6.04 Å². The number of hydrogen-bond donors (Lipinski definition) is 2. The summed E-state index contributed by atoms with van der Waals surface area (Å²) in [6.07, 6.45) is 1.25. The zero-order chi connectivity index (χ0) is 22.9. The highest BCUT2D eigenvalue weighted by Gasteiger charge is 2.34. The first-order valence-corrected chi connectivity index (χ1v) is 11.5. The van der Waals surface area contributed by atoms with Crippen LogP contribution in [0, 0.1) is 5.92 Å². The van der Waals surface area contributed by atoms with Crippen LogP contribution in [0.4, 0.5) is 0 Å². The van der Waals surface area contributed by atoms with Crippen molar-refractivity contribution in [1.82, 2.24) is 15.5 Å². The number of methoxy groups -OCH3 is 2. The topological polar surface area (TPSA) is 97.0 Å². The van der Waals surface area contributed by atoms with Gasteiger partial charge in [0.15, 0.2) is 0 Å². The van der Waals surface area contributed by atoms with Crippen LogP contribution < -0.4 is 15.4 Å². The molecule has 1 atom stereocenters. The third-order valence-corrected chi connectivity index (χ3v) is 6.39. The molecule has 0 radical (unpaired) electrons. The molecular formula is C23H29N3O5S. The molecule has 32 heavy (non-hydrogen) atoms. The summed E-state index contributed by atoms with van der Waals surface area (Å²) < 4.78 is 10.2. The van der Waals surface area contributed by atoms with Crippen LogP contribution in [0.25, 0.3) is 0 Å². The van der Waals surface area contributed by atoms with Gasteiger partial charge in [-0.1, -0.05) is 12.1 Å². The van der Waals surface area contributed by atoms with Crippen LogP contribution in [0.1, 0.15) is 32.9 Å². The number of carbonyl (C=O) groups is 3. The second-order valence-corrected chi connectivity index (χ2v) is 8.52. The monoisotopic (exact) mass is 459 g/mol. The first-order chi connectivity index (χ1) is 15.5. The van der Waals surface area contributed by atoms with Crippen molar-refractivity contribution in [3.05, 3.63) is 52.2 Å². The summed E-state index contributed by atoms with van der Waals surface area (Å²) in [7, 11) is 3.10. The van der Waals surface area contributed by atoms with E-state index in [0.717, 1.165) is 0 Å². The largest absolute Gasteiger partial charge is 0.497 e. The van der Waals surface area contributed by atoms with Crippen LogP contribution >= 0.6 is 11.3 Å². The Morgan fingerprint density at radius 2 is 1.94 bits per heavy atom. The minimum Gasteiger partial charge on any atom is -0.497 e. The van der Waals surface area contributed by atoms with Crippen LogP contribution in [-0.4, -0.2) is 69.1 Å². The zero-order valence-corrected chi connectivity index (χ0v) is 19.2. The second-order valence-electron chi connectivity index (χ2n) is 7.57. The van der Waals surface area contributed by atoms with Gasteiger partial charge >= 0.3 is 0 Å². The van der Waals surface area contributed by atoms with Crippen molar-refractivity contribution in [2.45, 2.75) is 18.9 Å². The van der Waals surface area contributed by atoms with Crippen molar-refractivity contribution < 1.29 is 23.9 Å². The highest BCUT2D eigenvalue weighted by atomic mass is 32.1. The van der Waals surface area contributed by atoms with Gasteiger partial charge in [-0.3, -0.25) is 14.4 Å². The number of amides is 3. The van der Waals surface area contributed by atoms with E-state index in [2.05, 4.69) is 10.6 Å². The maximum absolute atomic E-state index is 12.9. The maximum Gasteiger partial charge on any atom is 0.263 e. The first kappa shape index (κ1) is 23.7. The van der Waals surface area contributed by atoms with Crippen LogP contribution in [0.2, 0.25) is 0 Å². The van der Waals surface area contributed by atoms with Gasteiger partial charge < -0.3 is 25.0 Å². The van der Waals surface area contributed by atoms with Crippen molar-refractivity contribution in [2.24, 2.45) is 5.92 Å². The van der Waals surface area contributed by atoms with Gasteiger partial charge in [-0.2, -0.15) is 0 Å². The van der Waals surface area contributed by atoms with E-state index in [0.29, 0.717) is 55.3 Å². The maximum atomic E-state index is 12.9. The molecule has 2 aromatic rings. The minimum atomic E-state index is -0.704. The van der Waals surface area contributed by atoms with E-state index in [4.69, 9.17) is 9.47 Å². The molecule has 0 bridgehead atoms. The quantitative estimate of drug-likeness (QED) is 0.560. The van der Waals surface area contributed by atoms with Gasteiger partial charge in [0.05, 0.1) is 18.6 Å². The average Bonchev–Trinajstić information content (AvgIpc) is 3.37. The van der Waals surface area contributed by atoms with E-state index in [-0.39, 0.29) is 23.6 Å². The van der Waals surface area contributed by atoms with Gasteiger partial charge in [0.1, 0.15) is 11.8 Å². The Morgan fingerprint density at radius 1 is 1.16 bits per heavy atom. The van der Waals surface area contributed by atoms with Crippen molar-refractivity contribution in [2.75, 3.05) is 40.5 Å². The van der Waals surface area contributed by atoms with Crippen molar-refractivity contribution in [3.63, 3.8) is 0 Å². The molecule has 1 aromatic carbocycles. The number of carbonyl (C=O) groups excluding carboxylic acids is 3. The molecule has 0 unspecified atom stereocenters. The van der Waals surface area contributed by atoms with Crippen LogP contribution in [0.3, 0.4) is 0 Å². The summed E-state index contributed by atoms with van der Waals surface area (Å²) in [4.78, 5) is 41.0. The molecule has 3 rings (SSSR count). The van der Waals surface area contributed by atoms with Crippen LogP contribution in [0.15, 0.2) is 41.8 Å². The Morgan fingerprint density at radius 3 is 2.59 bits per heavy atom. The van der Waals surface area contributed by atoms with Gasteiger partial charge in [0.2, 0.25) is 5.91 Å². The number of piperidine rings is 1. The lowest BCUT2D eigenvalue weighted by atomic mass is 9.88. The second kappa shape index (κ2) is 11.6. The third-order valence-electron chi connectivity index (χ3n) is 5.54. The van der Waals surface area contributed by atoms with E-state index in [1.165, 1.54) is 18.4 Å². The van der Waals surface area contributed by atoms with Crippen LogP contribution in [0.5, 0.6) is 5.75 Å². The summed E-state index contributed by atoms with van der Waals surface area (Å²) in [6, 6.07) is 9.78. The standard InChI is InChI=1S/C23H29N3O5S/c1-30-13-10-24-22(28)20(25-21(27)17-5-3-6-18(15-17)31-2)16-8-11-26(12-9-16)23(29)19-7-4-14-32-19/h3-7,14-16,20H,8-13H2,1-2H3,(H,24,28)(H,25,27)/t20-/m1/s1. The molecular weight excluding hydrogens is 430 g/mol. The highest BCUT2D eigenvalue weighted by molar-refractivity contribution is 7.12. The lowest BCUT2D eigenvalue weighted by molar-refractivity contribution is -0.124. The molecule has 1 aliphatic rings. The lowest BCUT2D eigenvalue weighted by Gasteiger charge is -2.35. The fraction of sp³-hybridized carbons (Fsp3) is 0.435. The number of rotatable bonds is 9. The molecule has 0 saturated carbocycles. The number of thiophene rings is 1. The van der Waals surface area contributed by atoms with Gasteiger partial charge in [-0.25, -0.2) is 0 Å². The molecule has 2 heterocycles. The summed E-state index contributed by atoms with van der Waals surface area (Å²) in [5.41, 5.74) is 0.421. The van der Waals surface area contributed by atoms with Gasteiger partial charge in [-0.05, 0) is 48.4 Å². The zero-order valence-electron chi connectivity index (χ0n) is 18.3. The van der Waals surface area contributed by atoms with Crippen molar-refractivity contribution in [3.8, 4) is 5.75 Å². The molecule has 9 heteroatoms. The Bertz CT molecular complexity index is 910. The molecule has 1 aliphatic heterocycles. The SMILES string of the molecule is COCCNC(=O)[C@H](NC(=O)c1cccc(OC)c1)C1CCN(C(=O)c2cccs2)CC1. The Kier molecular flexibility index (Phi) is 8.64. The highest BCUT2D eigenvalue weighted by Crippen LogP contribution is 2.24. The average molecular weight is 460 g/mol. The van der Waals surface area contributed by atoms with E-state index in [9.17, 15) is 14.4 Å². The molecule has 172 valence electrons. The summed E-state index contributed by atoms with van der Waals surface area (Å²) >= 11 is 1.42. The van der Waals surface area contributed by atoms with Crippen molar-refractivity contribution >= 4 is 29.1 Å². The fourth-order valence-corrected chi connectivity index (χ4v) is 4.46. The smallest absolute Gasteiger partial charge is 0.263 e. The fourth-order valence-electron chi connectivity index (χ4n) is 3.76. The Labute approximate surface area is 191 Å². The van der Waals surface area contributed by atoms with E-state index in [1.54, 1.807) is 31.4 Å². The summed E-state index contributed by atoms with van der Waals surface area (Å²) in [5, 5.41) is 7.62. The molecule has 1 aromatic heterocycles. The summed E-state index contributed by atoms with van der Waals surface area (Å²) in [6.45, 7) is 1.82. The van der Waals surface area contributed by atoms with Gasteiger partial charge in [0.25, 0.3) is 11.8 Å². The minimum absolute atomic E-state index is 0.0139. The van der Waals surface area contributed by atoms with E-state index in [1.807, 2.05) is 22.4 Å².